The summed E-state index contributed by atoms with van der Waals surface area (Å²) >= 11 is 0. The maximum Gasteiger partial charge on any atom is 0.258 e. The number of aryl methyl sites for hydroxylation is 1. The molecule has 1 aliphatic rings. The van der Waals surface area contributed by atoms with Crippen molar-refractivity contribution in [3.8, 4) is 0 Å². The maximum atomic E-state index is 14.7. The predicted octanol–water partition coefficient (Wildman–Crippen LogP) is 4.26. The minimum Gasteiger partial charge on any atom is -0.399 e. The van der Waals surface area contributed by atoms with Gasteiger partial charge in [-0.15, -0.1) is 0 Å². The molecule has 4 aromatic rings. The molecule has 1 unspecified atom stereocenters. The van der Waals surface area contributed by atoms with Gasteiger partial charge in [-0.25, -0.2) is 0 Å². The number of para-hydroxylation sites is 2. The number of amides is 3. The first-order valence-corrected chi connectivity index (χ1v) is 13.7. The van der Waals surface area contributed by atoms with Gasteiger partial charge in [-0.3, -0.25) is 14.4 Å². The zero-order valence-electron chi connectivity index (χ0n) is 23.8. The molecule has 0 radical (unpaired) electrons. The number of hydrogen-bond donors (Lipinski definition) is 3. The van der Waals surface area contributed by atoms with E-state index >= 15 is 0 Å². The lowest BCUT2D eigenvalue weighted by Crippen LogP contribution is -2.63. The molecule has 41 heavy (non-hydrogen) atoms. The molecule has 0 aromatic heterocycles. The van der Waals surface area contributed by atoms with Crippen LogP contribution in [0.15, 0.2) is 84.9 Å². The molecule has 0 spiro atoms. The Labute approximate surface area is 240 Å². The predicted molar refractivity (Wildman–Crippen MR) is 164 cm³/mol. The van der Waals surface area contributed by atoms with E-state index in [-0.39, 0.29) is 30.8 Å². The van der Waals surface area contributed by atoms with Gasteiger partial charge in [0, 0.05) is 24.8 Å². The number of hydrogen-bond acceptors (Lipinski definition) is 5. The van der Waals surface area contributed by atoms with Gasteiger partial charge in [0.2, 0.25) is 11.8 Å². The highest BCUT2D eigenvalue weighted by atomic mass is 16.2. The van der Waals surface area contributed by atoms with Crippen molar-refractivity contribution in [3.63, 3.8) is 0 Å². The van der Waals surface area contributed by atoms with Crippen LogP contribution in [0.5, 0.6) is 0 Å². The zero-order chi connectivity index (χ0) is 29.3. The van der Waals surface area contributed by atoms with Crippen molar-refractivity contribution in [2.24, 2.45) is 5.92 Å². The number of rotatable bonds is 6. The summed E-state index contributed by atoms with van der Waals surface area (Å²) in [5.41, 5.74) is 8.82. The molecule has 8 nitrogen and oxygen atoms in total. The van der Waals surface area contributed by atoms with Crippen LogP contribution in [0, 0.1) is 12.8 Å². The van der Waals surface area contributed by atoms with Gasteiger partial charge < -0.3 is 26.2 Å². The van der Waals surface area contributed by atoms with Gasteiger partial charge in [0.1, 0.15) is 5.54 Å². The van der Waals surface area contributed by atoms with Crippen LogP contribution in [-0.2, 0) is 16.1 Å². The van der Waals surface area contributed by atoms with Gasteiger partial charge in [-0.05, 0) is 79.2 Å². The van der Waals surface area contributed by atoms with E-state index in [0.29, 0.717) is 22.6 Å². The first-order valence-electron chi connectivity index (χ1n) is 13.7. The number of benzene rings is 4. The molecule has 0 fully saturated rings. The van der Waals surface area contributed by atoms with E-state index in [0.717, 1.165) is 21.9 Å². The lowest BCUT2D eigenvalue weighted by Gasteiger charge is -2.37. The summed E-state index contributed by atoms with van der Waals surface area (Å²) in [5, 5.41) is 7.93. The monoisotopic (exact) mass is 549 g/mol. The Morgan fingerprint density at radius 2 is 1.59 bits per heavy atom. The molecule has 1 heterocycles. The Bertz CT molecular complexity index is 1630. The summed E-state index contributed by atoms with van der Waals surface area (Å²) in [7, 11) is 3.20. The van der Waals surface area contributed by atoms with Crippen molar-refractivity contribution < 1.29 is 14.4 Å². The molecule has 0 saturated heterocycles. The first kappa shape index (κ1) is 27.9. The topological polar surface area (TPSA) is 108 Å². The third kappa shape index (κ3) is 4.91. The minimum atomic E-state index is -1.31. The van der Waals surface area contributed by atoms with Crippen molar-refractivity contribution >= 4 is 45.6 Å². The highest BCUT2D eigenvalue weighted by Gasteiger charge is 2.49. The molecule has 4 aromatic carbocycles. The van der Waals surface area contributed by atoms with Gasteiger partial charge >= 0.3 is 0 Å². The van der Waals surface area contributed by atoms with Gasteiger partial charge in [-0.1, -0.05) is 48.5 Å². The second kappa shape index (κ2) is 11.1. The number of nitrogens with one attached hydrogen (secondary N) is 2. The van der Waals surface area contributed by atoms with Gasteiger partial charge in [0.05, 0.1) is 23.8 Å². The van der Waals surface area contributed by atoms with Crippen LogP contribution in [0.2, 0.25) is 0 Å². The highest BCUT2D eigenvalue weighted by Crippen LogP contribution is 2.39. The van der Waals surface area contributed by atoms with E-state index in [9.17, 15) is 14.4 Å². The second-order valence-electron chi connectivity index (χ2n) is 10.6. The van der Waals surface area contributed by atoms with Gasteiger partial charge in [0.25, 0.3) is 5.91 Å². The zero-order valence-corrected chi connectivity index (χ0v) is 23.8. The molecule has 4 N–H and O–H groups in total. The van der Waals surface area contributed by atoms with Crippen molar-refractivity contribution in [3.05, 3.63) is 102 Å². The fraction of sp³-hybridized carbons (Fsp3) is 0.242. The largest absolute Gasteiger partial charge is 0.399 e. The van der Waals surface area contributed by atoms with Crippen LogP contribution in [0.4, 0.5) is 17.1 Å². The Morgan fingerprint density at radius 1 is 0.927 bits per heavy atom. The summed E-state index contributed by atoms with van der Waals surface area (Å²) in [6.07, 6.45) is 0. The lowest BCUT2D eigenvalue weighted by atomic mass is 9.82. The fourth-order valence-electron chi connectivity index (χ4n) is 5.67. The minimum absolute atomic E-state index is 0.00512. The number of likely N-dealkylation sites (N-methyl/N-ethyl adjacent to an activating group) is 2. The van der Waals surface area contributed by atoms with Crippen LogP contribution in [-0.4, -0.2) is 43.9 Å². The number of carbonyl (C=O) groups excluding carboxylic acids is 3. The van der Waals surface area contributed by atoms with Crippen molar-refractivity contribution in [2.75, 3.05) is 36.2 Å². The van der Waals surface area contributed by atoms with Crippen molar-refractivity contribution in [2.45, 2.75) is 25.9 Å². The molecule has 210 valence electrons. The quantitative estimate of drug-likeness (QED) is 0.312. The Balaban J connectivity index is 1.71. The van der Waals surface area contributed by atoms with Crippen LogP contribution in [0.3, 0.4) is 0 Å². The third-order valence-electron chi connectivity index (χ3n) is 8.30. The van der Waals surface area contributed by atoms with E-state index in [4.69, 9.17) is 5.73 Å². The summed E-state index contributed by atoms with van der Waals surface area (Å²) in [4.78, 5) is 45.4. The van der Waals surface area contributed by atoms with Crippen LogP contribution in [0.1, 0.15) is 28.4 Å². The number of anilines is 3. The highest BCUT2D eigenvalue weighted by molar-refractivity contribution is 6.13. The first-order chi connectivity index (χ1) is 19.7. The number of fused-ring (bicyclic) bond motifs is 2. The average molecular weight is 550 g/mol. The molecular weight excluding hydrogens is 514 g/mol. The molecule has 2 atom stereocenters. The van der Waals surface area contributed by atoms with Gasteiger partial charge in [-0.2, -0.15) is 0 Å². The average Bonchev–Trinajstić information content (AvgIpc) is 3.12. The number of nitrogen functional groups attached to an aromatic ring is 1. The SMILES string of the molecule is CNC(=O)C(C)(NC)[C@@H]1CN(C(=O)c2ccc(N)cc2)c2ccccc2N(Cc2c(C)ccc3ccccc23)C1=O. The van der Waals surface area contributed by atoms with Crippen molar-refractivity contribution in [1.29, 1.82) is 0 Å². The van der Waals surface area contributed by atoms with E-state index in [1.165, 1.54) is 0 Å². The molecule has 5 rings (SSSR count). The van der Waals surface area contributed by atoms with Crippen LogP contribution < -0.4 is 26.2 Å². The number of carbonyl (C=O) groups is 3. The molecule has 8 heteroatoms. The molecule has 1 aliphatic heterocycles. The summed E-state index contributed by atoms with van der Waals surface area (Å²) in [5.74, 6) is -1.79. The number of nitrogens with zero attached hydrogens (tertiary/aromatic N) is 2. The maximum absolute atomic E-state index is 14.7. The number of nitrogens with two attached hydrogens (primary N) is 1. The fourth-order valence-corrected chi connectivity index (χ4v) is 5.67. The molecule has 0 aliphatic carbocycles. The molecule has 0 bridgehead atoms. The summed E-state index contributed by atoms with van der Waals surface area (Å²) < 4.78 is 0. The van der Waals surface area contributed by atoms with Crippen LogP contribution in [0.25, 0.3) is 10.8 Å². The van der Waals surface area contributed by atoms with Crippen molar-refractivity contribution in [1.82, 2.24) is 10.6 Å². The molecular formula is C33H35N5O3. The van der Waals surface area contributed by atoms with Crippen LogP contribution >= 0.6 is 0 Å². The molecule has 3 amide bonds. The summed E-state index contributed by atoms with van der Waals surface area (Å²) in [6.45, 7) is 4.01. The second-order valence-corrected chi connectivity index (χ2v) is 10.6. The van der Waals surface area contributed by atoms with E-state index < -0.39 is 11.5 Å². The third-order valence-corrected chi connectivity index (χ3v) is 8.30. The summed E-state index contributed by atoms with van der Waals surface area (Å²) in [6, 6.07) is 26.3. The Kier molecular flexibility index (Phi) is 7.51. The molecule has 0 saturated carbocycles. The Hall–Kier alpha value is -4.69. The van der Waals surface area contributed by atoms with E-state index in [2.05, 4.69) is 34.9 Å². The Morgan fingerprint density at radius 3 is 2.27 bits per heavy atom. The van der Waals surface area contributed by atoms with E-state index in [1.807, 2.05) is 43.3 Å². The standard InChI is InChI=1S/C33H35N5O3/c1-21-13-14-22-9-5-6-10-25(22)26(21)19-37-28-11-7-8-12-29(28)38(30(39)23-15-17-24(34)18-16-23)20-27(31(37)40)33(2,36-4)32(41)35-3/h5-18,27,36H,19-20,34H2,1-4H3,(H,35,41)/t27-,33?/m1/s1. The van der Waals surface area contributed by atoms with E-state index in [1.54, 1.807) is 55.1 Å². The smallest absolute Gasteiger partial charge is 0.258 e. The van der Waals surface area contributed by atoms with Gasteiger partial charge in [0.15, 0.2) is 0 Å². The lowest BCUT2D eigenvalue weighted by molar-refractivity contribution is -0.135. The normalized spacial score (nSPS) is 16.6.